The summed E-state index contributed by atoms with van der Waals surface area (Å²) in [4.78, 5) is 2.24. The SMILES string of the molecule is CC(C)c1nn(C)c(N(C)CC2CCOCC2)c1N. The number of ether oxygens (including phenoxy) is 1. The van der Waals surface area contributed by atoms with Gasteiger partial charge in [-0.3, -0.25) is 4.68 Å². The van der Waals surface area contributed by atoms with Crippen molar-refractivity contribution in [3.05, 3.63) is 5.69 Å². The smallest absolute Gasteiger partial charge is 0.150 e. The van der Waals surface area contributed by atoms with Crippen LogP contribution in [0.2, 0.25) is 0 Å². The van der Waals surface area contributed by atoms with Gasteiger partial charge in [-0.25, -0.2) is 0 Å². The molecule has 0 spiro atoms. The summed E-state index contributed by atoms with van der Waals surface area (Å²) in [6.07, 6.45) is 2.28. The van der Waals surface area contributed by atoms with Gasteiger partial charge in [-0.1, -0.05) is 13.8 Å². The van der Waals surface area contributed by atoms with Crippen LogP contribution < -0.4 is 10.6 Å². The minimum Gasteiger partial charge on any atom is -0.394 e. The molecule has 1 aromatic heterocycles. The fraction of sp³-hybridized carbons (Fsp3) is 0.786. The Bertz CT molecular complexity index is 421. The summed E-state index contributed by atoms with van der Waals surface area (Å²) >= 11 is 0. The van der Waals surface area contributed by atoms with Gasteiger partial charge >= 0.3 is 0 Å². The number of nitrogen functional groups attached to an aromatic ring is 1. The van der Waals surface area contributed by atoms with E-state index in [-0.39, 0.29) is 0 Å². The van der Waals surface area contributed by atoms with Crippen molar-refractivity contribution >= 4 is 11.5 Å². The van der Waals surface area contributed by atoms with E-state index in [0.717, 1.165) is 49.8 Å². The zero-order valence-electron chi connectivity index (χ0n) is 12.5. The standard InChI is InChI=1S/C14H26N4O/c1-10(2)13-12(15)14(18(4)16-13)17(3)9-11-5-7-19-8-6-11/h10-11H,5-9,15H2,1-4H3. The van der Waals surface area contributed by atoms with Crippen LogP contribution in [0.15, 0.2) is 0 Å². The van der Waals surface area contributed by atoms with Crippen LogP contribution in [-0.4, -0.2) is 36.6 Å². The van der Waals surface area contributed by atoms with Crippen LogP contribution in [0.3, 0.4) is 0 Å². The predicted molar refractivity (Wildman–Crippen MR) is 78.5 cm³/mol. The van der Waals surface area contributed by atoms with E-state index in [1.807, 2.05) is 11.7 Å². The maximum absolute atomic E-state index is 6.26. The van der Waals surface area contributed by atoms with Crippen molar-refractivity contribution < 1.29 is 4.74 Å². The van der Waals surface area contributed by atoms with Gasteiger partial charge < -0.3 is 15.4 Å². The molecule has 1 aliphatic rings. The van der Waals surface area contributed by atoms with Crippen LogP contribution in [0.25, 0.3) is 0 Å². The molecular formula is C14H26N4O. The van der Waals surface area contributed by atoms with Crippen molar-refractivity contribution in [3.8, 4) is 0 Å². The van der Waals surface area contributed by atoms with Crippen molar-refractivity contribution in [1.82, 2.24) is 9.78 Å². The lowest BCUT2D eigenvalue weighted by molar-refractivity contribution is 0.0684. The Labute approximate surface area is 115 Å². The molecule has 1 fully saturated rings. The van der Waals surface area contributed by atoms with Crippen molar-refractivity contribution in [1.29, 1.82) is 0 Å². The largest absolute Gasteiger partial charge is 0.394 e. The zero-order valence-corrected chi connectivity index (χ0v) is 12.5. The predicted octanol–water partition coefficient (Wildman–Crippen LogP) is 1.99. The van der Waals surface area contributed by atoms with Gasteiger partial charge in [0.05, 0.1) is 11.4 Å². The first kappa shape index (κ1) is 14.2. The number of rotatable bonds is 4. The van der Waals surface area contributed by atoms with E-state index >= 15 is 0 Å². The number of anilines is 2. The van der Waals surface area contributed by atoms with Crippen molar-refractivity contribution in [2.75, 3.05) is 37.4 Å². The molecule has 1 aromatic rings. The lowest BCUT2D eigenvalue weighted by Gasteiger charge is -2.28. The van der Waals surface area contributed by atoms with Crippen LogP contribution in [0.4, 0.5) is 11.5 Å². The van der Waals surface area contributed by atoms with E-state index in [9.17, 15) is 0 Å². The molecule has 0 bridgehead atoms. The Morgan fingerprint density at radius 1 is 1.42 bits per heavy atom. The summed E-state index contributed by atoms with van der Waals surface area (Å²) in [5, 5.41) is 4.55. The Kier molecular flexibility index (Phi) is 4.34. The second-order valence-electron chi connectivity index (χ2n) is 5.84. The van der Waals surface area contributed by atoms with E-state index in [4.69, 9.17) is 10.5 Å². The highest BCUT2D eigenvalue weighted by Crippen LogP contribution is 2.31. The maximum atomic E-state index is 6.26. The molecule has 0 radical (unpaired) electrons. The third-order valence-corrected chi connectivity index (χ3v) is 3.86. The highest BCUT2D eigenvalue weighted by atomic mass is 16.5. The number of nitrogens with two attached hydrogens (primary N) is 1. The van der Waals surface area contributed by atoms with Crippen LogP contribution in [0.5, 0.6) is 0 Å². The third-order valence-electron chi connectivity index (χ3n) is 3.86. The molecule has 0 amide bonds. The molecule has 2 rings (SSSR count). The molecule has 19 heavy (non-hydrogen) atoms. The highest BCUT2D eigenvalue weighted by Gasteiger charge is 2.22. The molecule has 5 heteroatoms. The summed E-state index contributed by atoms with van der Waals surface area (Å²) in [6, 6.07) is 0. The fourth-order valence-corrected chi connectivity index (χ4v) is 2.83. The molecule has 0 aliphatic carbocycles. The summed E-state index contributed by atoms with van der Waals surface area (Å²) in [7, 11) is 4.07. The number of hydrogen-bond acceptors (Lipinski definition) is 4. The van der Waals surface area contributed by atoms with Gasteiger partial charge in [0.1, 0.15) is 5.82 Å². The van der Waals surface area contributed by atoms with Crippen molar-refractivity contribution in [2.24, 2.45) is 13.0 Å². The number of hydrogen-bond donors (Lipinski definition) is 1. The van der Waals surface area contributed by atoms with Gasteiger partial charge in [-0.05, 0) is 24.7 Å². The van der Waals surface area contributed by atoms with E-state index in [0.29, 0.717) is 11.8 Å². The number of nitrogens with zero attached hydrogens (tertiary/aromatic N) is 3. The Hall–Kier alpha value is -1.23. The highest BCUT2D eigenvalue weighted by molar-refractivity contribution is 5.66. The average molecular weight is 266 g/mol. The van der Waals surface area contributed by atoms with Crippen LogP contribution >= 0.6 is 0 Å². The normalized spacial score (nSPS) is 17.1. The topological polar surface area (TPSA) is 56.3 Å². The monoisotopic (exact) mass is 266 g/mol. The fourth-order valence-electron chi connectivity index (χ4n) is 2.83. The number of aromatic nitrogens is 2. The first-order chi connectivity index (χ1) is 9.00. The van der Waals surface area contributed by atoms with Gasteiger partial charge in [0, 0.05) is 33.9 Å². The van der Waals surface area contributed by atoms with Gasteiger partial charge in [-0.15, -0.1) is 0 Å². The molecule has 108 valence electrons. The quantitative estimate of drug-likeness (QED) is 0.905. The molecule has 2 heterocycles. The van der Waals surface area contributed by atoms with E-state index in [1.54, 1.807) is 0 Å². The molecule has 1 saturated heterocycles. The van der Waals surface area contributed by atoms with E-state index < -0.39 is 0 Å². The lowest BCUT2D eigenvalue weighted by atomic mass is 10.00. The van der Waals surface area contributed by atoms with E-state index in [2.05, 4.69) is 30.9 Å². The Morgan fingerprint density at radius 3 is 2.58 bits per heavy atom. The molecule has 2 N–H and O–H groups in total. The van der Waals surface area contributed by atoms with Crippen LogP contribution in [-0.2, 0) is 11.8 Å². The van der Waals surface area contributed by atoms with Gasteiger partial charge in [0.25, 0.3) is 0 Å². The molecule has 0 atom stereocenters. The van der Waals surface area contributed by atoms with Gasteiger partial charge in [0.2, 0.25) is 0 Å². The van der Waals surface area contributed by atoms with Gasteiger partial charge in [0.15, 0.2) is 0 Å². The second kappa shape index (κ2) is 5.82. The minimum atomic E-state index is 0.358. The molecule has 5 nitrogen and oxygen atoms in total. The Balaban J connectivity index is 2.11. The Morgan fingerprint density at radius 2 is 2.05 bits per heavy atom. The average Bonchev–Trinajstić information content (AvgIpc) is 2.66. The first-order valence-electron chi connectivity index (χ1n) is 7.12. The second-order valence-corrected chi connectivity index (χ2v) is 5.84. The summed E-state index contributed by atoms with van der Waals surface area (Å²) in [6.45, 7) is 7.04. The molecule has 0 unspecified atom stereocenters. The maximum Gasteiger partial charge on any atom is 0.150 e. The summed E-state index contributed by atoms with van der Waals surface area (Å²) in [5.74, 6) is 2.09. The lowest BCUT2D eigenvalue weighted by Crippen LogP contribution is -2.31. The van der Waals surface area contributed by atoms with E-state index in [1.165, 1.54) is 0 Å². The van der Waals surface area contributed by atoms with Crippen molar-refractivity contribution in [2.45, 2.75) is 32.6 Å². The summed E-state index contributed by atoms with van der Waals surface area (Å²) in [5.41, 5.74) is 8.08. The summed E-state index contributed by atoms with van der Waals surface area (Å²) < 4.78 is 7.32. The molecular weight excluding hydrogens is 240 g/mol. The zero-order chi connectivity index (χ0) is 14.0. The third kappa shape index (κ3) is 3.03. The molecule has 1 aliphatic heterocycles. The van der Waals surface area contributed by atoms with Crippen molar-refractivity contribution in [3.63, 3.8) is 0 Å². The first-order valence-corrected chi connectivity index (χ1v) is 7.12. The van der Waals surface area contributed by atoms with Crippen LogP contribution in [0.1, 0.15) is 38.3 Å². The molecule has 0 saturated carbocycles. The minimum absolute atomic E-state index is 0.358. The number of aryl methyl sites for hydroxylation is 1. The van der Waals surface area contributed by atoms with Gasteiger partial charge in [-0.2, -0.15) is 5.10 Å². The molecule has 0 aromatic carbocycles. The van der Waals surface area contributed by atoms with Crippen LogP contribution in [0, 0.1) is 5.92 Å².